The largest absolute Gasteiger partial charge is 1.00 e. The smallest absolute Gasteiger partial charge is 0.361 e. The molecule has 0 amide bonds. The van der Waals surface area contributed by atoms with Crippen molar-refractivity contribution in [3.63, 3.8) is 0 Å². The predicted octanol–water partition coefficient (Wildman–Crippen LogP) is 2.57. The molecule has 1 aliphatic rings. The summed E-state index contributed by atoms with van der Waals surface area (Å²) >= 11 is 6.29. The van der Waals surface area contributed by atoms with E-state index in [1.54, 1.807) is 0 Å². The van der Waals surface area contributed by atoms with Crippen molar-refractivity contribution < 1.29 is 26.4 Å². The summed E-state index contributed by atoms with van der Waals surface area (Å²) < 4.78 is 6.34. The number of quaternary nitrogens is 1. The number of unbranched alkanes of at least 4 members (excludes halogenated alkanes) is 2. The van der Waals surface area contributed by atoms with Crippen LogP contribution in [0.3, 0.4) is 0 Å². The van der Waals surface area contributed by atoms with E-state index in [0.29, 0.717) is 13.2 Å². The number of carbonyl (C=O) groups is 1. The van der Waals surface area contributed by atoms with Crippen molar-refractivity contribution >= 4 is 17.6 Å². The Kier molecular flexibility index (Phi) is 11.8. The number of halogens is 2. The highest BCUT2D eigenvalue weighted by Crippen LogP contribution is 2.22. The Hall–Kier alpha value is -1.03. The average molecular weight is 428 g/mol. The van der Waals surface area contributed by atoms with Gasteiger partial charge in [0, 0.05) is 5.02 Å². The number of hydrogen-bond donors (Lipinski definition) is 0. The molecule has 0 atom stereocenters. The Morgan fingerprint density at radius 2 is 1.89 bits per heavy atom. The first-order valence-electron chi connectivity index (χ1n) is 10.4. The number of ether oxygens (including phenoxy) is 1. The molecule has 1 aromatic carbocycles. The molecular weight excluding hydrogens is 393 g/mol. The van der Waals surface area contributed by atoms with E-state index in [1.807, 2.05) is 18.2 Å². The number of likely N-dealkylation sites (tertiary alicyclic amines) is 1. The Morgan fingerprint density at radius 1 is 1.18 bits per heavy atom. The molecule has 0 saturated carbocycles. The van der Waals surface area contributed by atoms with Gasteiger partial charge in [-0.1, -0.05) is 55.1 Å². The van der Waals surface area contributed by atoms with Crippen LogP contribution in [0.2, 0.25) is 5.02 Å². The molecule has 1 fully saturated rings. The maximum absolute atomic E-state index is 12.4. The molecular formula is C23H35Cl2NO2. The monoisotopic (exact) mass is 427 g/mol. The van der Waals surface area contributed by atoms with E-state index in [9.17, 15) is 4.79 Å². The van der Waals surface area contributed by atoms with Crippen molar-refractivity contribution in [2.75, 3.05) is 32.8 Å². The van der Waals surface area contributed by atoms with Crippen LogP contribution >= 0.6 is 11.6 Å². The zero-order chi connectivity index (χ0) is 19.5. The zero-order valence-electron chi connectivity index (χ0n) is 17.4. The second-order valence-corrected chi connectivity index (χ2v) is 8.34. The van der Waals surface area contributed by atoms with Crippen molar-refractivity contribution in [3.05, 3.63) is 46.5 Å². The van der Waals surface area contributed by atoms with Crippen LogP contribution in [0.4, 0.5) is 0 Å². The molecule has 158 valence electrons. The van der Waals surface area contributed by atoms with Gasteiger partial charge in [0.15, 0.2) is 6.54 Å². The van der Waals surface area contributed by atoms with Gasteiger partial charge in [0.25, 0.3) is 0 Å². The summed E-state index contributed by atoms with van der Waals surface area (Å²) in [5.41, 5.74) is 2.47. The van der Waals surface area contributed by atoms with Crippen molar-refractivity contribution in [2.45, 2.75) is 58.8 Å². The number of nitrogens with zero attached hydrogens (tertiary/aromatic N) is 1. The summed E-state index contributed by atoms with van der Waals surface area (Å²) in [5.74, 6) is -0.0369. The van der Waals surface area contributed by atoms with Crippen LogP contribution < -0.4 is 12.4 Å². The van der Waals surface area contributed by atoms with Crippen LogP contribution in [-0.4, -0.2) is 43.2 Å². The molecule has 0 unspecified atom stereocenters. The third-order valence-corrected chi connectivity index (χ3v) is 5.86. The second kappa shape index (κ2) is 13.2. The molecule has 2 rings (SSSR count). The molecule has 5 heteroatoms. The lowest BCUT2D eigenvalue weighted by Gasteiger charge is -2.40. The Balaban J connectivity index is 0.00000392. The van der Waals surface area contributed by atoms with E-state index in [-0.39, 0.29) is 18.4 Å². The van der Waals surface area contributed by atoms with E-state index in [1.165, 1.54) is 24.8 Å². The summed E-state index contributed by atoms with van der Waals surface area (Å²) in [7, 11) is 0. The van der Waals surface area contributed by atoms with Gasteiger partial charge in [-0.15, -0.1) is 0 Å². The maximum atomic E-state index is 12.4. The molecule has 1 saturated heterocycles. The van der Waals surface area contributed by atoms with Crippen molar-refractivity contribution in [1.29, 1.82) is 0 Å². The molecule has 3 nitrogen and oxygen atoms in total. The molecule has 1 aliphatic heterocycles. The predicted molar refractivity (Wildman–Crippen MR) is 113 cm³/mol. The summed E-state index contributed by atoms with van der Waals surface area (Å²) in [6.45, 7) is 8.43. The van der Waals surface area contributed by atoms with Crippen LogP contribution in [-0.2, 0) is 16.0 Å². The van der Waals surface area contributed by atoms with Crippen molar-refractivity contribution in [3.8, 4) is 0 Å². The fraction of sp³-hybridized carbons (Fsp3) is 0.609. The lowest BCUT2D eigenvalue weighted by atomic mass is 10.0. The van der Waals surface area contributed by atoms with Gasteiger partial charge in [-0.25, -0.2) is 4.79 Å². The van der Waals surface area contributed by atoms with Gasteiger partial charge in [0.05, 0.1) is 26.2 Å². The Labute approximate surface area is 182 Å². The molecule has 0 spiro atoms. The number of rotatable bonds is 10. The SMILES string of the molecule is CCCCCOC(=O)C[N+]1(C/C=C(\C)Cc2ccccc2Cl)CCCCC1.[Cl-]. The van der Waals surface area contributed by atoms with E-state index < -0.39 is 0 Å². The van der Waals surface area contributed by atoms with E-state index in [4.69, 9.17) is 16.3 Å². The van der Waals surface area contributed by atoms with Crippen molar-refractivity contribution in [2.24, 2.45) is 0 Å². The van der Waals surface area contributed by atoms with Gasteiger partial charge < -0.3 is 21.6 Å². The number of carbonyl (C=O) groups excluding carboxylic acids is 1. The van der Waals surface area contributed by atoms with Crippen LogP contribution in [0.15, 0.2) is 35.9 Å². The van der Waals surface area contributed by atoms with Gasteiger partial charge in [0.1, 0.15) is 0 Å². The minimum atomic E-state index is -0.0369. The first-order valence-corrected chi connectivity index (χ1v) is 10.8. The molecule has 0 radical (unpaired) electrons. The van der Waals surface area contributed by atoms with Crippen LogP contribution in [0, 0.1) is 0 Å². The number of benzene rings is 1. The van der Waals surface area contributed by atoms with Gasteiger partial charge >= 0.3 is 5.97 Å². The highest BCUT2D eigenvalue weighted by atomic mass is 35.5. The van der Waals surface area contributed by atoms with Gasteiger partial charge in [-0.2, -0.15) is 0 Å². The molecule has 1 aromatic rings. The first-order chi connectivity index (χ1) is 13.0. The molecule has 28 heavy (non-hydrogen) atoms. The normalized spacial score (nSPS) is 16.3. The number of esters is 1. The summed E-state index contributed by atoms with van der Waals surface area (Å²) in [6.07, 6.45) is 10.1. The number of piperidine rings is 1. The third kappa shape index (κ3) is 8.55. The highest BCUT2D eigenvalue weighted by molar-refractivity contribution is 6.31. The number of allylic oxidation sites excluding steroid dienone is 1. The van der Waals surface area contributed by atoms with Gasteiger partial charge in [-0.05, 0) is 56.7 Å². The fourth-order valence-corrected chi connectivity index (χ4v) is 4.01. The van der Waals surface area contributed by atoms with Gasteiger partial charge in [-0.3, -0.25) is 0 Å². The average Bonchev–Trinajstić information content (AvgIpc) is 2.66. The molecule has 0 aliphatic carbocycles. The number of hydrogen-bond acceptors (Lipinski definition) is 2. The van der Waals surface area contributed by atoms with E-state index in [0.717, 1.165) is 60.4 Å². The van der Waals surface area contributed by atoms with Crippen LogP contribution in [0.1, 0.15) is 57.9 Å². The third-order valence-electron chi connectivity index (χ3n) is 5.49. The maximum Gasteiger partial charge on any atom is 0.361 e. The van der Waals surface area contributed by atoms with E-state index in [2.05, 4.69) is 26.0 Å². The first kappa shape index (κ1) is 25.0. The lowest BCUT2D eigenvalue weighted by Crippen LogP contribution is -3.00. The Bertz CT molecular complexity index is 625. The van der Waals surface area contributed by atoms with Crippen LogP contribution in [0.25, 0.3) is 0 Å². The lowest BCUT2D eigenvalue weighted by molar-refractivity contribution is -0.920. The van der Waals surface area contributed by atoms with Crippen molar-refractivity contribution in [1.82, 2.24) is 0 Å². The molecule has 0 aromatic heterocycles. The minimum Gasteiger partial charge on any atom is -1.00 e. The summed E-state index contributed by atoms with van der Waals surface area (Å²) in [4.78, 5) is 12.4. The quantitative estimate of drug-likeness (QED) is 0.248. The highest BCUT2D eigenvalue weighted by Gasteiger charge is 2.32. The molecule has 1 heterocycles. The zero-order valence-corrected chi connectivity index (χ0v) is 18.9. The fourth-order valence-electron chi connectivity index (χ4n) is 3.81. The van der Waals surface area contributed by atoms with E-state index >= 15 is 0 Å². The standard InChI is InChI=1S/C23H35ClNO2.ClH/c1-3-4-10-17-27-23(26)19-25(14-8-5-9-15-25)16-13-20(2)18-21-11-6-7-12-22(21)24;/h6-7,11-13H,3-5,8-10,14-19H2,1-2H3;1H/q+1;/p-1/b20-13+;. The van der Waals surface area contributed by atoms with Gasteiger partial charge in [0.2, 0.25) is 0 Å². The molecule has 0 bridgehead atoms. The van der Waals surface area contributed by atoms with Crippen LogP contribution in [0.5, 0.6) is 0 Å². The summed E-state index contributed by atoms with van der Waals surface area (Å²) in [6, 6.07) is 8.02. The minimum absolute atomic E-state index is 0. The topological polar surface area (TPSA) is 26.3 Å². The molecule has 0 N–H and O–H groups in total. The second-order valence-electron chi connectivity index (χ2n) is 7.94. The summed E-state index contributed by atoms with van der Waals surface area (Å²) in [5, 5.41) is 0.822. The Morgan fingerprint density at radius 3 is 2.57 bits per heavy atom.